The first-order valence-corrected chi connectivity index (χ1v) is 12.9. The molecule has 0 aromatic heterocycles. The van der Waals surface area contributed by atoms with Crippen LogP contribution in [0.1, 0.15) is 88.3 Å². The molecule has 0 amide bonds. The predicted molar refractivity (Wildman–Crippen MR) is 136 cm³/mol. The van der Waals surface area contributed by atoms with Crippen molar-refractivity contribution < 1.29 is 49.7 Å². The number of ketones is 2. The molecule has 5 rings (SSSR count). The first-order chi connectivity index (χ1) is 18.3. The Balaban J connectivity index is 1.67. The Labute approximate surface area is 224 Å². The lowest BCUT2D eigenvalue weighted by Crippen LogP contribution is -2.54. The molecule has 1 saturated heterocycles. The number of aromatic hydroxyl groups is 3. The number of ether oxygens (including phenoxy) is 2. The quantitative estimate of drug-likeness (QED) is 0.264. The van der Waals surface area contributed by atoms with Gasteiger partial charge in [-0.1, -0.05) is 19.1 Å². The van der Waals surface area contributed by atoms with E-state index in [9.17, 15) is 40.2 Å². The monoisotopic (exact) mass is 543 g/mol. The number of likely N-dealkylation sites (N-methyl/N-ethyl adjacent to an activating group) is 1. The first kappa shape index (κ1) is 27.5. The molecule has 6 N–H and O–H groups in total. The molecule has 3 aliphatic rings. The molecular formula is C28H33NO10. The Hall–Kier alpha value is -3.06. The van der Waals surface area contributed by atoms with Crippen LogP contribution in [0.5, 0.6) is 17.2 Å². The Morgan fingerprint density at radius 2 is 1.67 bits per heavy atom. The standard InChI is InChI=1S/C28H33NO10/c1-5-28(37)10-15(39-16-9-13(29(3)4)22(31)11(2)38-16)18-21(27(28)36)26(35)19-20(25(18)34)24(33)17-12(23(19)32)7-6-8-14(17)30/h6-8,11,13,15-16,22,27,30-31,34-37H,5,9-10H2,1-4H3/t11-,13+,15-,16+,22+,27-,28-/m1/s1. The van der Waals surface area contributed by atoms with Gasteiger partial charge in [0.25, 0.3) is 0 Å². The third kappa shape index (κ3) is 4.03. The number of nitrogens with zero attached hydrogens (tertiary/aromatic N) is 1. The van der Waals surface area contributed by atoms with E-state index < -0.39 is 76.2 Å². The van der Waals surface area contributed by atoms with E-state index in [0.717, 1.165) is 0 Å². The van der Waals surface area contributed by atoms with E-state index in [1.54, 1.807) is 27.9 Å². The van der Waals surface area contributed by atoms with Crippen molar-refractivity contribution >= 4 is 11.6 Å². The second-order valence-corrected chi connectivity index (χ2v) is 10.8. The van der Waals surface area contributed by atoms with E-state index in [1.807, 2.05) is 4.90 Å². The lowest BCUT2D eigenvalue weighted by Gasteiger charge is -2.45. The number of hydrogen-bond acceptors (Lipinski definition) is 11. The minimum Gasteiger partial charge on any atom is -0.507 e. The minimum atomic E-state index is -1.81. The van der Waals surface area contributed by atoms with Crippen LogP contribution in [0.15, 0.2) is 18.2 Å². The van der Waals surface area contributed by atoms with Crippen molar-refractivity contribution in [2.75, 3.05) is 14.1 Å². The van der Waals surface area contributed by atoms with Crippen LogP contribution in [0, 0.1) is 0 Å². The summed E-state index contributed by atoms with van der Waals surface area (Å²) in [6, 6.07) is 3.59. The number of phenolic OH excluding ortho intramolecular Hbond substituents is 3. The molecule has 1 aliphatic heterocycles. The summed E-state index contributed by atoms with van der Waals surface area (Å²) in [6.45, 7) is 3.32. The summed E-state index contributed by atoms with van der Waals surface area (Å²) in [6.07, 6.45) is -5.17. The van der Waals surface area contributed by atoms with Crippen LogP contribution in [0.3, 0.4) is 0 Å². The maximum atomic E-state index is 13.5. The van der Waals surface area contributed by atoms with Crippen molar-refractivity contribution in [2.24, 2.45) is 0 Å². The van der Waals surface area contributed by atoms with Crippen molar-refractivity contribution in [2.45, 2.75) is 75.5 Å². The lowest BCUT2D eigenvalue weighted by atomic mass is 9.70. The van der Waals surface area contributed by atoms with Gasteiger partial charge in [-0.2, -0.15) is 0 Å². The van der Waals surface area contributed by atoms with Crippen molar-refractivity contribution in [3.05, 3.63) is 51.6 Å². The van der Waals surface area contributed by atoms with Crippen molar-refractivity contribution in [1.29, 1.82) is 0 Å². The summed E-state index contributed by atoms with van der Waals surface area (Å²) in [7, 11) is 3.61. The number of fused-ring (bicyclic) bond motifs is 3. The number of carbonyl (C=O) groups is 2. The number of rotatable bonds is 4. The molecule has 1 heterocycles. The van der Waals surface area contributed by atoms with E-state index in [2.05, 4.69) is 0 Å². The summed E-state index contributed by atoms with van der Waals surface area (Å²) < 4.78 is 12.1. The Morgan fingerprint density at radius 3 is 2.31 bits per heavy atom. The van der Waals surface area contributed by atoms with Crippen LogP contribution >= 0.6 is 0 Å². The summed E-state index contributed by atoms with van der Waals surface area (Å²) in [5.74, 6) is -3.61. The van der Waals surface area contributed by atoms with E-state index >= 15 is 0 Å². The van der Waals surface area contributed by atoms with Gasteiger partial charge in [-0.05, 0) is 33.5 Å². The van der Waals surface area contributed by atoms with Gasteiger partial charge in [-0.15, -0.1) is 0 Å². The minimum absolute atomic E-state index is 0.0370. The predicted octanol–water partition coefficient (Wildman–Crippen LogP) is 1.64. The summed E-state index contributed by atoms with van der Waals surface area (Å²) >= 11 is 0. The lowest BCUT2D eigenvalue weighted by molar-refractivity contribution is -0.261. The van der Waals surface area contributed by atoms with Gasteiger partial charge in [-0.3, -0.25) is 9.59 Å². The molecule has 0 radical (unpaired) electrons. The molecule has 210 valence electrons. The third-order valence-corrected chi connectivity index (χ3v) is 8.40. The van der Waals surface area contributed by atoms with Gasteiger partial charge in [0.05, 0.1) is 40.6 Å². The Kier molecular flexibility index (Phi) is 6.73. The molecule has 39 heavy (non-hydrogen) atoms. The highest BCUT2D eigenvalue weighted by Crippen LogP contribution is 2.56. The SMILES string of the molecule is CC[C@@]1(O)C[C@@H](O[C@H]2C[C@H](N(C)C)[C@@H](O)[C@@H](C)O2)c2c(O)c3c(c(O)c2[C@H]1O)C(=O)c1cccc(O)c1C3=O. The average molecular weight is 544 g/mol. The highest BCUT2D eigenvalue weighted by Gasteiger charge is 2.51. The fourth-order valence-corrected chi connectivity index (χ4v) is 6.10. The zero-order valence-corrected chi connectivity index (χ0v) is 22.1. The maximum Gasteiger partial charge on any atom is 0.202 e. The van der Waals surface area contributed by atoms with E-state index in [1.165, 1.54) is 18.2 Å². The van der Waals surface area contributed by atoms with Gasteiger partial charge in [0.15, 0.2) is 12.1 Å². The Bertz CT molecular complexity index is 1360. The molecule has 1 fully saturated rings. The number of aliphatic hydroxyl groups excluding tert-OH is 2. The summed E-state index contributed by atoms with van der Waals surface area (Å²) in [5.41, 5.74) is -3.79. The first-order valence-electron chi connectivity index (χ1n) is 12.9. The van der Waals surface area contributed by atoms with Gasteiger partial charge in [0, 0.05) is 35.6 Å². The van der Waals surface area contributed by atoms with E-state index in [-0.39, 0.29) is 47.6 Å². The van der Waals surface area contributed by atoms with Crippen LogP contribution in [0.4, 0.5) is 0 Å². The molecule has 2 aromatic rings. The second-order valence-electron chi connectivity index (χ2n) is 10.8. The zero-order chi connectivity index (χ0) is 28.5. The molecule has 0 unspecified atom stereocenters. The molecule has 11 heteroatoms. The number of benzene rings is 2. The molecule has 2 aromatic carbocycles. The molecule has 7 atom stereocenters. The van der Waals surface area contributed by atoms with Gasteiger partial charge < -0.3 is 45.0 Å². The molecule has 11 nitrogen and oxygen atoms in total. The Morgan fingerprint density at radius 1 is 1.03 bits per heavy atom. The fourth-order valence-electron chi connectivity index (χ4n) is 6.10. The van der Waals surface area contributed by atoms with Crippen LogP contribution in [0.25, 0.3) is 0 Å². The van der Waals surface area contributed by atoms with Crippen molar-refractivity contribution in [3.63, 3.8) is 0 Å². The molecular weight excluding hydrogens is 510 g/mol. The zero-order valence-electron chi connectivity index (χ0n) is 22.1. The highest BCUT2D eigenvalue weighted by atomic mass is 16.7. The van der Waals surface area contributed by atoms with Crippen molar-refractivity contribution in [3.8, 4) is 17.2 Å². The van der Waals surface area contributed by atoms with E-state index in [0.29, 0.717) is 0 Å². The van der Waals surface area contributed by atoms with Crippen LogP contribution in [-0.4, -0.2) is 91.3 Å². The van der Waals surface area contributed by atoms with Gasteiger partial charge in [0.2, 0.25) is 5.78 Å². The number of phenols is 3. The summed E-state index contributed by atoms with van der Waals surface area (Å²) in [4.78, 5) is 28.7. The van der Waals surface area contributed by atoms with Crippen molar-refractivity contribution in [1.82, 2.24) is 4.90 Å². The fraction of sp³-hybridized carbons (Fsp3) is 0.500. The smallest absolute Gasteiger partial charge is 0.202 e. The normalized spacial score (nSPS) is 32.1. The molecule has 0 spiro atoms. The number of carbonyl (C=O) groups excluding carboxylic acids is 2. The second kappa shape index (κ2) is 9.54. The molecule has 0 bridgehead atoms. The van der Waals surface area contributed by atoms with Gasteiger partial charge in [-0.25, -0.2) is 0 Å². The largest absolute Gasteiger partial charge is 0.507 e. The average Bonchev–Trinajstić information content (AvgIpc) is 2.88. The number of aliphatic hydroxyl groups is 3. The molecule has 0 saturated carbocycles. The van der Waals surface area contributed by atoms with Gasteiger partial charge in [0.1, 0.15) is 23.4 Å². The van der Waals surface area contributed by atoms with E-state index in [4.69, 9.17) is 9.47 Å². The molecule has 2 aliphatic carbocycles. The van der Waals surface area contributed by atoms with Crippen LogP contribution in [-0.2, 0) is 9.47 Å². The summed E-state index contributed by atoms with van der Waals surface area (Å²) in [5, 5.41) is 66.3. The topological polar surface area (TPSA) is 177 Å². The van der Waals surface area contributed by atoms with Gasteiger partial charge >= 0.3 is 0 Å². The van der Waals surface area contributed by atoms with Crippen LogP contribution in [0.2, 0.25) is 0 Å². The highest BCUT2D eigenvalue weighted by molar-refractivity contribution is 6.31. The number of hydrogen-bond donors (Lipinski definition) is 6. The third-order valence-electron chi connectivity index (χ3n) is 8.40. The maximum absolute atomic E-state index is 13.5. The van der Waals surface area contributed by atoms with Crippen LogP contribution < -0.4 is 0 Å².